The molecule has 0 spiro atoms. The van der Waals surface area contributed by atoms with Crippen molar-refractivity contribution >= 4 is 15.9 Å². The van der Waals surface area contributed by atoms with Gasteiger partial charge in [0.2, 0.25) is 0 Å². The molecule has 0 aliphatic heterocycles. The van der Waals surface area contributed by atoms with Crippen LogP contribution in [0, 0.1) is 0 Å². The van der Waals surface area contributed by atoms with Crippen molar-refractivity contribution in [2.75, 3.05) is 0 Å². The molecule has 0 heterocycles. The van der Waals surface area contributed by atoms with Gasteiger partial charge in [-0.05, 0) is 56.2 Å². The van der Waals surface area contributed by atoms with Gasteiger partial charge in [0.05, 0.1) is 0 Å². The van der Waals surface area contributed by atoms with E-state index in [1.54, 1.807) is 0 Å². The molecule has 0 aromatic heterocycles. The van der Waals surface area contributed by atoms with E-state index in [0.29, 0.717) is 5.41 Å². The molecule has 1 nitrogen and oxygen atoms in total. The molecule has 1 aromatic carbocycles. The molecule has 0 saturated heterocycles. The van der Waals surface area contributed by atoms with Crippen molar-refractivity contribution in [1.82, 2.24) is 0 Å². The zero-order valence-electron chi connectivity index (χ0n) is 9.39. The minimum absolute atomic E-state index is 0.0659. The van der Waals surface area contributed by atoms with Crippen LogP contribution in [0.3, 0.4) is 0 Å². The molecule has 1 aliphatic carbocycles. The molecule has 2 heteroatoms. The highest BCUT2D eigenvalue weighted by atomic mass is 79.9. The highest BCUT2D eigenvalue weighted by molar-refractivity contribution is 9.10. The molecule has 82 valence electrons. The van der Waals surface area contributed by atoms with Gasteiger partial charge in [-0.3, -0.25) is 0 Å². The number of nitrogens with two attached hydrogens (primary N) is 1. The summed E-state index contributed by atoms with van der Waals surface area (Å²) in [7, 11) is 0. The van der Waals surface area contributed by atoms with E-state index in [9.17, 15) is 0 Å². The number of hydrogen-bond acceptors (Lipinski definition) is 1. The van der Waals surface area contributed by atoms with Crippen LogP contribution in [0.5, 0.6) is 0 Å². The second-order valence-corrected chi connectivity index (χ2v) is 6.37. The Kier molecular flexibility index (Phi) is 2.68. The molecule has 0 unspecified atom stereocenters. The molecule has 1 aliphatic rings. The Morgan fingerprint density at radius 3 is 2.20 bits per heavy atom. The van der Waals surface area contributed by atoms with E-state index in [2.05, 4.69) is 54.0 Å². The van der Waals surface area contributed by atoms with Gasteiger partial charge in [-0.1, -0.05) is 28.1 Å². The second-order valence-electron chi connectivity index (χ2n) is 5.45. The fraction of sp³-hybridized carbons (Fsp3) is 0.538. The van der Waals surface area contributed by atoms with Gasteiger partial charge >= 0.3 is 0 Å². The summed E-state index contributed by atoms with van der Waals surface area (Å²) in [4.78, 5) is 0. The highest BCUT2D eigenvalue weighted by Gasteiger charge is 2.46. The van der Waals surface area contributed by atoms with Gasteiger partial charge in [0.15, 0.2) is 0 Å². The largest absolute Gasteiger partial charge is 0.326 e. The number of benzene rings is 1. The average Bonchev–Trinajstić information content (AvgIpc) is 2.83. The minimum atomic E-state index is -0.0659. The van der Waals surface area contributed by atoms with Gasteiger partial charge in [-0.15, -0.1) is 0 Å². The second kappa shape index (κ2) is 3.60. The maximum absolute atomic E-state index is 6.12. The number of hydrogen-bond donors (Lipinski definition) is 1. The van der Waals surface area contributed by atoms with Crippen LogP contribution in [0.25, 0.3) is 0 Å². The van der Waals surface area contributed by atoms with E-state index in [1.165, 1.54) is 18.4 Å². The Morgan fingerprint density at radius 1 is 1.27 bits per heavy atom. The van der Waals surface area contributed by atoms with Crippen molar-refractivity contribution in [1.29, 1.82) is 0 Å². The predicted molar refractivity (Wildman–Crippen MR) is 67.9 cm³/mol. The summed E-state index contributed by atoms with van der Waals surface area (Å²) >= 11 is 3.47. The first-order chi connectivity index (χ1) is 6.91. The van der Waals surface area contributed by atoms with Crippen LogP contribution in [-0.2, 0) is 5.41 Å². The van der Waals surface area contributed by atoms with Gasteiger partial charge in [0.25, 0.3) is 0 Å². The van der Waals surface area contributed by atoms with E-state index in [1.807, 2.05) is 0 Å². The van der Waals surface area contributed by atoms with Crippen molar-refractivity contribution in [3.8, 4) is 0 Å². The lowest BCUT2D eigenvalue weighted by Gasteiger charge is -2.26. The Balaban J connectivity index is 2.20. The summed E-state index contributed by atoms with van der Waals surface area (Å²) in [6.45, 7) is 4.23. The van der Waals surface area contributed by atoms with Crippen LogP contribution in [0.2, 0.25) is 0 Å². The third kappa shape index (κ3) is 2.61. The van der Waals surface area contributed by atoms with E-state index in [0.717, 1.165) is 10.9 Å². The third-order valence-electron chi connectivity index (χ3n) is 3.10. The monoisotopic (exact) mass is 267 g/mol. The Bertz CT molecular complexity index is 344. The lowest BCUT2D eigenvalue weighted by Crippen LogP contribution is -2.36. The minimum Gasteiger partial charge on any atom is -0.326 e. The van der Waals surface area contributed by atoms with E-state index in [4.69, 9.17) is 5.73 Å². The van der Waals surface area contributed by atoms with E-state index in [-0.39, 0.29) is 5.54 Å². The molecule has 1 saturated carbocycles. The lowest BCUT2D eigenvalue weighted by atomic mass is 9.84. The van der Waals surface area contributed by atoms with E-state index >= 15 is 0 Å². The maximum Gasteiger partial charge on any atom is 0.0175 e. The van der Waals surface area contributed by atoms with Gasteiger partial charge < -0.3 is 5.73 Å². The van der Waals surface area contributed by atoms with Gasteiger partial charge in [-0.25, -0.2) is 0 Å². The fourth-order valence-electron chi connectivity index (χ4n) is 2.39. The predicted octanol–water partition coefficient (Wildman–Crippen LogP) is 3.61. The molecular formula is C13H18BrN. The summed E-state index contributed by atoms with van der Waals surface area (Å²) in [6, 6.07) is 8.70. The summed E-state index contributed by atoms with van der Waals surface area (Å²) in [6.07, 6.45) is 3.66. The van der Waals surface area contributed by atoms with Gasteiger partial charge in [0, 0.05) is 10.0 Å². The molecular weight excluding hydrogens is 250 g/mol. The van der Waals surface area contributed by atoms with Crippen molar-refractivity contribution < 1.29 is 0 Å². The zero-order valence-corrected chi connectivity index (χ0v) is 11.0. The summed E-state index contributed by atoms with van der Waals surface area (Å²) in [5, 5.41) is 0. The molecule has 2 rings (SSSR count). The first kappa shape index (κ1) is 11.2. The van der Waals surface area contributed by atoms with Crippen LogP contribution in [0.15, 0.2) is 28.7 Å². The van der Waals surface area contributed by atoms with Crippen LogP contribution in [0.1, 0.15) is 38.7 Å². The molecule has 0 bridgehead atoms. The summed E-state index contributed by atoms with van der Waals surface area (Å²) in [5.41, 5.74) is 7.88. The smallest absolute Gasteiger partial charge is 0.0175 e. The topological polar surface area (TPSA) is 26.0 Å². The normalized spacial score (nSPS) is 18.9. The highest BCUT2D eigenvalue weighted by Crippen LogP contribution is 2.52. The molecule has 1 aromatic rings. The SMILES string of the molecule is CC(C)(N)CC1(c2ccc(Br)cc2)CC1. The Morgan fingerprint density at radius 2 is 1.80 bits per heavy atom. The van der Waals surface area contributed by atoms with Crippen LogP contribution < -0.4 is 5.73 Å². The lowest BCUT2D eigenvalue weighted by molar-refractivity contribution is 0.412. The van der Waals surface area contributed by atoms with Crippen LogP contribution >= 0.6 is 15.9 Å². The van der Waals surface area contributed by atoms with Crippen molar-refractivity contribution in [3.05, 3.63) is 34.3 Å². The Labute approximate surface area is 100 Å². The zero-order chi connectivity index (χ0) is 11.1. The first-order valence-corrected chi connectivity index (χ1v) is 6.26. The summed E-state index contributed by atoms with van der Waals surface area (Å²) < 4.78 is 1.15. The third-order valence-corrected chi connectivity index (χ3v) is 3.63. The number of halogens is 1. The van der Waals surface area contributed by atoms with Gasteiger partial charge in [0.1, 0.15) is 0 Å². The van der Waals surface area contributed by atoms with Gasteiger partial charge in [-0.2, -0.15) is 0 Å². The standard InChI is InChI=1S/C13H18BrN/c1-12(2,15)9-13(7-8-13)10-3-5-11(14)6-4-10/h3-6H,7-9,15H2,1-2H3. The van der Waals surface area contributed by atoms with Crippen LogP contribution in [0.4, 0.5) is 0 Å². The maximum atomic E-state index is 6.12. The molecule has 0 amide bonds. The number of rotatable bonds is 3. The first-order valence-electron chi connectivity index (χ1n) is 5.46. The summed E-state index contributed by atoms with van der Waals surface area (Å²) in [5.74, 6) is 0. The molecule has 0 atom stereocenters. The molecule has 0 radical (unpaired) electrons. The molecule has 15 heavy (non-hydrogen) atoms. The van der Waals surface area contributed by atoms with Crippen LogP contribution in [-0.4, -0.2) is 5.54 Å². The van der Waals surface area contributed by atoms with Crippen molar-refractivity contribution in [2.24, 2.45) is 5.73 Å². The van der Waals surface area contributed by atoms with Crippen molar-refractivity contribution in [2.45, 2.75) is 44.1 Å². The molecule has 1 fully saturated rings. The Hall–Kier alpha value is -0.340. The quantitative estimate of drug-likeness (QED) is 0.890. The average molecular weight is 268 g/mol. The fourth-order valence-corrected chi connectivity index (χ4v) is 2.66. The van der Waals surface area contributed by atoms with E-state index < -0.39 is 0 Å². The molecule has 2 N–H and O–H groups in total. The van der Waals surface area contributed by atoms with Crippen molar-refractivity contribution in [3.63, 3.8) is 0 Å².